The molecular weight excluding hydrogens is 299 g/mol. The lowest BCUT2D eigenvalue weighted by molar-refractivity contribution is -0.385. The number of nitrogens with zero attached hydrogens (tertiary/aromatic N) is 2. The second kappa shape index (κ2) is 4.34. The van der Waals surface area contributed by atoms with Gasteiger partial charge in [-0.05, 0) is 28.7 Å². The maximum absolute atomic E-state index is 10.5. The Labute approximate surface area is 93.3 Å². The van der Waals surface area contributed by atoms with E-state index in [1.165, 1.54) is 12.1 Å². The molecule has 0 amide bonds. The fraction of sp³-hybridized carbons (Fsp3) is 0.125. The number of benzene rings is 1. The SMILES string of the molecule is N#Cc1c(I)ccc([N+](=O)[O-])c1CO. The van der Waals surface area contributed by atoms with Gasteiger partial charge in [-0.3, -0.25) is 10.1 Å². The Morgan fingerprint density at radius 2 is 2.29 bits per heavy atom. The second-order valence-electron chi connectivity index (χ2n) is 2.45. The number of hydrogen-bond donors (Lipinski definition) is 1. The molecule has 5 nitrogen and oxygen atoms in total. The van der Waals surface area contributed by atoms with Gasteiger partial charge in [0.1, 0.15) is 6.07 Å². The van der Waals surface area contributed by atoms with Gasteiger partial charge in [0, 0.05) is 9.64 Å². The summed E-state index contributed by atoms with van der Waals surface area (Å²) < 4.78 is 0.597. The Morgan fingerprint density at radius 1 is 1.64 bits per heavy atom. The van der Waals surface area contributed by atoms with E-state index in [9.17, 15) is 10.1 Å². The number of aliphatic hydroxyl groups is 1. The first-order valence-electron chi connectivity index (χ1n) is 3.58. The Kier molecular flexibility index (Phi) is 3.38. The summed E-state index contributed by atoms with van der Waals surface area (Å²) in [6.45, 7) is -0.504. The average molecular weight is 304 g/mol. The lowest BCUT2D eigenvalue weighted by Gasteiger charge is -2.03. The Bertz CT molecular complexity index is 425. The highest BCUT2D eigenvalue weighted by molar-refractivity contribution is 14.1. The highest BCUT2D eigenvalue weighted by Crippen LogP contribution is 2.25. The van der Waals surface area contributed by atoms with Crippen LogP contribution in [-0.4, -0.2) is 10.0 Å². The third-order valence-electron chi connectivity index (χ3n) is 1.70. The van der Waals surface area contributed by atoms with Crippen molar-refractivity contribution in [3.63, 3.8) is 0 Å². The van der Waals surface area contributed by atoms with Crippen molar-refractivity contribution in [2.45, 2.75) is 6.61 Å². The van der Waals surface area contributed by atoms with Crippen molar-refractivity contribution in [2.75, 3.05) is 0 Å². The van der Waals surface area contributed by atoms with Crippen LogP contribution in [0.5, 0.6) is 0 Å². The van der Waals surface area contributed by atoms with Gasteiger partial charge in [-0.2, -0.15) is 5.26 Å². The first kappa shape index (κ1) is 10.9. The van der Waals surface area contributed by atoms with Crippen molar-refractivity contribution in [1.82, 2.24) is 0 Å². The van der Waals surface area contributed by atoms with Crippen LogP contribution in [0.25, 0.3) is 0 Å². The normalized spacial score (nSPS) is 9.50. The molecule has 6 heteroatoms. The molecule has 0 aliphatic carbocycles. The molecule has 0 heterocycles. The first-order chi connectivity index (χ1) is 6.61. The molecule has 0 bridgehead atoms. The molecule has 0 aliphatic rings. The van der Waals surface area contributed by atoms with Crippen LogP contribution in [0.3, 0.4) is 0 Å². The number of nitro groups is 1. The van der Waals surface area contributed by atoms with Gasteiger partial charge in [-0.15, -0.1) is 0 Å². The molecule has 1 rings (SSSR count). The Morgan fingerprint density at radius 3 is 2.71 bits per heavy atom. The van der Waals surface area contributed by atoms with E-state index in [1.54, 1.807) is 0 Å². The van der Waals surface area contributed by atoms with Crippen LogP contribution >= 0.6 is 22.6 Å². The van der Waals surface area contributed by atoms with Crippen molar-refractivity contribution in [2.24, 2.45) is 0 Å². The highest BCUT2D eigenvalue weighted by Gasteiger charge is 2.18. The van der Waals surface area contributed by atoms with Crippen molar-refractivity contribution < 1.29 is 10.0 Å². The summed E-state index contributed by atoms with van der Waals surface area (Å²) in [5.41, 5.74) is 0.0242. The molecule has 0 saturated heterocycles. The molecule has 0 unspecified atom stereocenters. The van der Waals surface area contributed by atoms with Crippen LogP contribution in [0.15, 0.2) is 12.1 Å². The molecule has 14 heavy (non-hydrogen) atoms. The Hall–Kier alpha value is -1.20. The zero-order valence-electron chi connectivity index (χ0n) is 6.90. The topological polar surface area (TPSA) is 87.2 Å². The second-order valence-corrected chi connectivity index (χ2v) is 3.61. The van der Waals surface area contributed by atoms with Gasteiger partial charge in [0.2, 0.25) is 0 Å². The zero-order chi connectivity index (χ0) is 10.7. The molecule has 0 aromatic heterocycles. The molecule has 0 saturated carbocycles. The molecule has 0 radical (unpaired) electrons. The standard InChI is InChI=1S/C8H5IN2O3/c9-7-1-2-8(11(13)14)6(4-12)5(7)3-10/h1-2,12H,4H2. The van der Waals surface area contributed by atoms with Crippen LogP contribution in [0.1, 0.15) is 11.1 Å². The van der Waals surface area contributed by atoms with E-state index in [1.807, 2.05) is 28.7 Å². The van der Waals surface area contributed by atoms with E-state index in [4.69, 9.17) is 10.4 Å². The maximum Gasteiger partial charge on any atom is 0.276 e. The number of hydrogen-bond acceptors (Lipinski definition) is 4. The predicted octanol–water partition coefficient (Wildman–Crippen LogP) is 1.56. The van der Waals surface area contributed by atoms with E-state index in [-0.39, 0.29) is 16.8 Å². The van der Waals surface area contributed by atoms with Gasteiger partial charge in [-0.1, -0.05) is 0 Å². The summed E-state index contributed by atoms with van der Waals surface area (Å²) in [6, 6.07) is 4.61. The third-order valence-corrected chi connectivity index (χ3v) is 2.60. The quantitative estimate of drug-likeness (QED) is 0.510. The van der Waals surface area contributed by atoms with Crippen LogP contribution < -0.4 is 0 Å². The molecule has 0 fully saturated rings. The van der Waals surface area contributed by atoms with Crippen LogP contribution in [0.4, 0.5) is 5.69 Å². The fourth-order valence-electron chi connectivity index (χ4n) is 1.06. The maximum atomic E-state index is 10.5. The lowest BCUT2D eigenvalue weighted by atomic mass is 10.1. The number of nitro benzene ring substituents is 1. The van der Waals surface area contributed by atoms with Gasteiger partial charge >= 0.3 is 0 Å². The van der Waals surface area contributed by atoms with Crippen LogP contribution in [-0.2, 0) is 6.61 Å². The van der Waals surface area contributed by atoms with E-state index >= 15 is 0 Å². The first-order valence-corrected chi connectivity index (χ1v) is 4.66. The summed E-state index contributed by atoms with van der Waals surface area (Å²) in [5, 5.41) is 28.2. The van der Waals surface area contributed by atoms with Crippen LogP contribution in [0.2, 0.25) is 0 Å². The minimum absolute atomic E-state index is 0.0735. The van der Waals surface area contributed by atoms with E-state index in [0.717, 1.165) is 0 Å². The number of rotatable bonds is 2. The summed E-state index contributed by atoms with van der Waals surface area (Å²) in [6.07, 6.45) is 0. The van der Waals surface area contributed by atoms with Crippen molar-refractivity contribution in [3.8, 4) is 6.07 Å². The molecular formula is C8H5IN2O3. The van der Waals surface area contributed by atoms with Crippen molar-refractivity contribution in [1.29, 1.82) is 5.26 Å². The van der Waals surface area contributed by atoms with Crippen molar-refractivity contribution in [3.05, 3.63) is 36.9 Å². The summed E-state index contributed by atoms with van der Waals surface area (Å²) >= 11 is 1.89. The largest absolute Gasteiger partial charge is 0.391 e. The monoisotopic (exact) mass is 304 g/mol. The van der Waals surface area contributed by atoms with Gasteiger partial charge in [0.15, 0.2) is 0 Å². The van der Waals surface area contributed by atoms with E-state index in [0.29, 0.717) is 3.57 Å². The van der Waals surface area contributed by atoms with Crippen LogP contribution in [0, 0.1) is 25.0 Å². The minimum Gasteiger partial charge on any atom is -0.391 e. The van der Waals surface area contributed by atoms with Gasteiger partial charge in [0.05, 0.1) is 22.7 Å². The molecule has 1 aromatic carbocycles. The molecule has 1 N–H and O–H groups in total. The highest BCUT2D eigenvalue weighted by atomic mass is 127. The predicted molar refractivity (Wildman–Crippen MR) is 56.5 cm³/mol. The van der Waals surface area contributed by atoms with Gasteiger partial charge < -0.3 is 5.11 Å². The molecule has 0 aliphatic heterocycles. The van der Waals surface area contributed by atoms with Gasteiger partial charge in [0.25, 0.3) is 5.69 Å². The Balaban J connectivity index is 3.50. The molecule has 1 aromatic rings. The smallest absolute Gasteiger partial charge is 0.276 e. The molecule has 0 spiro atoms. The molecule has 72 valence electrons. The number of nitriles is 1. The summed E-state index contributed by atoms with van der Waals surface area (Å²) in [7, 11) is 0. The van der Waals surface area contributed by atoms with Gasteiger partial charge in [-0.25, -0.2) is 0 Å². The average Bonchev–Trinajstić information content (AvgIpc) is 2.16. The van der Waals surface area contributed by atoms with Crippen molar-refractivity contribution >= 4 is 28.3 Å². The third kappa shape index (κ3) is 1.83. The summed E-state index contributed by atoms with van der Waals surface area (Å²) in [5.74, 6) is 0. The number of aliphatic hydroxyl groups excluding tert-OH is 1. The zero-order valence-corrected chi connectivity index (χ0v) is 9.06. The molecule has 0 atom stereocenters. The fourth-order valence-corrected chi connectivity index (χ4v) is 1.69. The summed E-state index contributed by atoms with van der Waals surface area (Å²) in [4.78, 5) is 9.93. The number of halogens is 1. The van der Waals surface area contributed by atoms with E-state index in [2.05, 4.69) is 0 Å². The van der Waals surface area contributed by atoms with E-state index < -0.39 is 11.5 Å². The minimum atomic E-state index is -0.609. The lowest BCUT2D eigenvalue weighted by Crippen LogP contribution is -2.00.